The number of carboxylic acids is 1. The molecule has 1 rings (SSSR count). The highest BCUT2D eigenvalue weighted by molar-refractivity contribution is 5.72. The van der Waals surface area contributed by atoms with Gasteiger partial charge in [0.1, 0.15) is 18.7 Å². The van der Waals surface area contributed by atoms with E-state index in [0.717, 1.165) is 5.69 Å². The third kappa shape index (κ3) is 2.53. The molecule has 0 radical (unpaired) electrons. The van der Waals surface area contributed by atoms with Crippen LogP contribution in [0.3, 0.4) is 0 Å². The fourth-order valence-electron chi connectivity index (χ4n) is 0.717. The van der Waals surface area contributed by atoms with Gasteiger partial charge in [-0.1, -0.05) is 0 Å². The van der Waals surface area contributed by atoms with Crippen molar-refractivity contribution in [3.63, 3.8) is 0 Å². The van der Waals surface area contributed by atoms with Crippen LogP contribution < -0.4 is 5.32 Å². The Morgan fingerprint density at radius 3 is 3.00 bits per heavy atom. The molecule has 0 aliphatic heterocycles. The summed E-state index contributed by atoms with van der Waals surface area (Å²) in [6, 6.07) is 1.68. The summed E-state index contributed by atoms with van der Waals surface area (Å²) in [5.74, 6) is -0.379. The molecule has 0 saturated carbocycles. The van der Waals surface area contributed by atoms with Crippen LogP contribution in [0.5, 0.6) is 0 Å². The molecule has 1 aromatic heterocycles. The van der Waals surface area contributed by atoms with Gasteiger partial charge < -0.3 is 10.4 Å². The minimum absolute atomic E-state index is 0.129. The standard InChI is InChI=1S/C7H9N3O2/c1-5-2-6(10-4-9-5)8-3-7(11)12/h2,4H,3H2,1H3,(H,11,12)(H,8,9,10). The van der Waals surface area contributed by atoms with Crippen molar-refractivity contribution >= 4 is 11.8 Å². The first-order valence-corrected chi connectivity index (χ1v) is 3.43. The summed E-state index contributed by atoms with van der Waals surface area (Å²) in [6.45, 7) is 1.68. The average molecular weight is 167 g/mol. The second kappa shape index (κ2) is 3.66. The Balaban J connectivity index is 2.57. The van der Waals surface area contributed by atoms with E-state index in [4.69, 9.17) is 5.11 Å². The number of anilines is 1. The molecule has 1 heterocycles. The highest BCUT2D eigenvalue weighted by atomic mass is 16.4. The number of aliphatic carboxylic acids is 1. The fraction of sp³-hybridized carbons (Fsp3) is 0.286. The van der Waals surface area contributed by atoms with Crippen molar-refractivity contribution in [2.24, 2.45) is 0 Å². The predicted octanol–water partition coefficient (Wildman–Crippen LogP) is 0.282. The SMILES string of the molecule is Cc1cc(NCC(=O)O)ncn1. The van der Waals surface area contributed by atoms with Crippen LogP contribution in [-0.4, -0.2) is 27.6 Å². The van der Waals surface area contributed by atoms with Crippen molar-refractivity contribution in [2.45, 2.75) is 6.92 Å². The van der Waals surface area contributed by atoms with Crippen molar-refractivity contribution in [3.8, 4) is 0 Å². The second-order valence-electron chi connectivity index (χ2n) is 2.29. The van der Waals surface area contributed by atoms with Crippen LogP contribution in [0, 0.1) is 6.92 Å². The summed E-state index contributed by atoms with van der Waals surface area (Å²) < 4.78 is 0. The van der Waals surface area contributed by atoms with Crippen LogP contribution >= 0.6 is 0 Å². The van der Waals surface area contributed by atoms with E-state index in [9.17, 15) is 4.79 Å². The molecule has 0 aliphatic carbocycles. The first kappa shape index (κ1) is 8.45. The number of aromatic nitrogens is 2. The van der Waals surface area contributed by atoms with E-state index in [1.807, 2.05) is 6.92 Å². The molecule has 0 amide bonds. The van der Waals surface area contributed by atoms with E-state index in [0.29, 0.717) is 5.82 Å². The number of hydrogen-bond donors (Lipinski definition) is 2. The minimum atomic E-state index is -0.911. The highest BCUT2D eigenvalue weighted by Crippen LogP contribution is 2.00. The summed E-state index contributed by atoms with van der Waals surface area (Å²) in [5, 5.41) is 11.0. The van der Waals surface area contributed by atoms with Crippen LogP contribution in [0.2, 0.25) is 0 Å². The van der Waals surface area contributed by atoms with E-state index in [1.165, 1.54) is 6.33 Å². The van der Waals surface area contributed by atoms with Crippen LogP contribution in [0.4, 0.5) is 5.82 Å². The summed E-state index contributed by atoms with van der Waals surface area (Å²) in [5.41, 5.74) is 0.804. The predicted molar refractivity (Wildman–Crippen MR) is 42.9 cm³/mol. The third-order valence-corrected chi connectivity index (χ3v) is 1.22. The van der Waals surface area contributed by atoms with E-state index < -0.39 is 5.97 Å². The first-order valence-electron chi connectivity index (χ1n) is 3.43. The first-order chi connectivity index (χ1) is 5.68. The maximum atomic E-state index is 10.2. The maximum absolute atomic E-state index is 10.2. The van der Waals surface area contributed by atoms with Gasteiger partial charge in [0.2, 0.25) is 0 Å². The molecule has 1 aromatic rings. The van der Waals surface area contributed by atoms with E-state index >= 15 is 0 Å². The molecule has 0 fully saturated rings. The zero-order chi connectivity index (χ0) is 8.97. The van der Waals surface area contributed by atoms with Gasteiger partial charge in [-0.3, -0.25) is 4.79 Å². The average Bonchev–Trinajstić information content (AvgIpc) is 2.01. The monoisotopic (exact) mass is 167 g/mol. The van der Waals surface area contributed by atoms with Crippen molar-refractivity contribution in [3.05, 3.63) is 18.1 Å². The molecule has 5 heteroatoms. The number of nitrogens with zero attached hydrogens (tertiary/aromatic N) is 2. The Kier molecular flexibility index (Phi) is 2.57. The van der Waals surface area contributed by atoms with Crippen LogP contribution in [-0.2, 0) is 4.79 Å². The molecule has 0 spiro atoms. The number of nitrogens with one attached hydrogen (secondary N) is 1. The van der Waals surface area contributed by atoms with Crippen molar-refractivity contribution in [2.75, 3.05) is 11.9 Å². The Bertz CT molecular complexity index is 288. The van der Waals surface area contributed by atoms with Gasteiger partial charge in [0, 0.05) is 11.8 Å². The topological polar surface area (TPSA) is 75.1 Å². The summed E-state index contributed by atoms with van der Waals surface area (Å²) in [6.07, 6.45) is 1.39. The van der Waals surface area contributed by atoms with E-state index in [2.05, 4.69) is 15.3 Å². The van der Waals surface area contributed by atoms with Gasteiger partial charge >= 0.3 is 5.97 Å². The Labute approximate surface area is 69.5 Å². The zero-order valence-electron chi connectivity index (χ0n) is 6.61. The van der Waals surface area contributed by atoms with E-state index in [-0.39, 0.29) is 6.54 Å². The number of carboxylic acid groups (broad SMARTS) is 1. The normalized spacial score (nSPS) is 9.42. The number of rotatable bonds is 3. The molecule has 5 nitrogen and oxygen atoms in total. The molecule has 64 valence electrons. The smallest absolute Gasteiger partial charge is 0.322 e. The van der Waals surface area contributed by atoms with Crippen molar-refractivity contribution in [1.82, 2.24) is 9.97 Å². The third-order valence-electron chi connectivity index (χ3n) is 1.22. The summed E-state index contributed by atoms with van der Waals surface area (Å²) in [4.78, 5) is 17.8. The zero-order valence-corrected chi connectivity index (χ0v) is 6.61. The highest BCUT2D eigenvalue weighted by Gasteiger charge is 1.97. The molecule has 0 saturated heterocycles. The minimum Gasteiger partial charge on any atom is -0.480 e. The lowest BCUT2D eigenvalue weighted by molar-refractivity contribution is -0.134. The molecule has 2 N–H and O–H groups in total. The van der Waals surface area contributed by atoms with Crippen LogP contribution in [0.15, 0.2) is 12.4 Å². The molecule has 0 aromatic carbocycles. The number of carbonyl (C=O) groups is 1. The summed E-state index contributed by atoms with van der Waals surface area (Å²) >= 11 is 0. The molecule has 0 aliphatic rings. The summed E-state index contributed by atoms with van der Waals surface area (Å²) in [7, 11) is 0. The van der Waals surface area contributed by atoms with Crippen LogP contribution in [0.25, 0.3) is 0 Å². The molecule has 12 heavy (non-hydrogen) atoms. The van der Waals surface area contributed by atoms with Gasteiger partial charge in [-0.25, -0.2) is 9.97 Å². The van der Waals surface area contributed by atoms with Gasteiger partial charge in [-0.05, 0) is 6.92 Å². The molecule has 0 unspecified atom stereocenters. The fourth-order valence-corrected chi connectivity index (χ4v) is 0.717. The van der Waals surface area contributed by atoms with E-state index in [1.54, 1.807) is 6.07 Å². The Morgan fingerprint density at radius 1 is 1.67 bits per heavy atom. The number of aryl methyl sites for hydroxylation is 1. The molecular formula is C7H9N3O2. The van der Waals surface area contributed by atoms with Gasteiger partial charge in [0.05, 0.1) is 0 Å². The molecule has 0 atom stereocenters. The lowest BCUT2D eigenvalue weighted by atomic mass is 10.4. The molecular weight excluding hydrogens is 158 g/mol. The lowest BCUT2D eigenvalue weighted by Crippen LogP contribution is -2.13. The quantitative estimate of drug-likeness (QED) is 0.676. The van der Waals surface area contributed by atoms with Crippen molar-refractivity contribution in [1.29, 1.82) is 0 Å². The Hall–Kier alpha value is -1.65. The van der Waals surface area contributed by atoms with Crippen LogP contribution in [0.1, 0.15) is 5.69 Å². The van der Waals surface area contributed by atoms with Gasteiger partial charge in [-0.2, -0.15) is 0 Å². The Morgan fingerprint density at radius 2 is 2.42 bits per heavy atom. The lowest BCUT2D eigenvalue weighted by Gasteiger charge is -2.01. The van der Waals surface area contributed by atoms with Gasteiger partial charge in [-0.15, -0.1) is 0 Å². The van der Waals surface area contributed by atoms with Crippen molar-refractivity contribution < 1.29 is 9.90 Å². The largest absolute Gasteiger partial charge is 0.480 e. The molecule has 0 bridgehead atoms. The number of hydrogen-bond acceptors (Lipinski definition) is 4. The van der Waals surface area contributed by atoms with Gasteiger partial charge in [0.25, 0.3) is 0 Å². The van der Waals surface area contributed by atoms with Gasteiger partial charge in [0.15, 0.2) is 0 Å². The maximum Gasteiger partial charge on any atom is 0.322 e. The second-order valence-corrected chi connectivity index (χ2v) is 2.29.